The second-order valence-electron chi connectivity index (χ2n) is 6.19. The third-order valence-corrected chi connectivity index (χ3v) is 4.38. The summed E-state index contributed by atoms with van der Waals surface area (Å²) >= 11 is 0. The summed E-state index contributed by atoms with van der Waals surface area (Å²) in [5.74, 6) is -3.84. The van der Waals surface area contributed by atoms with E-state index < -0.39 is 48.0 Å². The van der Waals surface area contributed by atoms with Gasteiger partial charge in [-0.2, -0.15) is 0 Å². The zero-order chi connectivity index (χ0) is 20.0. The van der Waals surface area contributed by atoms with E-state index in [9.17, 15) is 28.3 Å². The summed E-state index contributed by atoms with van der Waals surface area (Å²) in [5, 5.41) is 11.7. The number of nitrogens with zero attached hydrogens (tertiary/aromatic N) is 1. The van der Waals surface area contributed by atoms with Crippen molar-refractivity contribution in [2.75, 3.05) is 26.3 Å². The maximum absolute atomic E-state index is 13.8. The zero-order valence-electron chi connectivity index (χ0n) is 14.9. The van der Waals surface area contributed by atoms with E-state index in [4.69, 9.17) is 4.74 Å². The molecule has 0 aromatic heterocycles. The minimum Gasteiger partial charge on any atom is -0.464 e. The molecule has 0 bridgehead atoms. The van der Waals surface area contributed by atoms with Crippen LogP contribution in [0.25, 0.3) is 0 Å². The molecule has 2 rings (SSSR count). The Morgan fingerprint density at radius 2 is 1.96 bits per heavy atom. The van der Waals surface area contributed by atoms with Crippen LogP contribution in [0.2, 0.25) is 0 Å². The predicted molar refractivity (Wildman–Crippen MR) is 90.6 cm³/mol. The number of hydrogen-bond donors (Lipinski definition) is 2. The molecule has 7 nitrogen and oxygen atoms in total. The first-order valence-corrected chi connectivity index (χ1v) is 8.69. The van der Waals surface area contributed by atoms with Gasteiger partial charge in [0.2, 0.25) is 5.91 Å². The van der Waals surface area contributed by atoms with E-state index in [1.807, 2.05) is 0 Å². The SMILES string of the molecule is CCOC(=O)[C@H](CO)NC(=O)C1CCN(C(=O)c2ccc(F)cc2F)CC1. The fourth-order valence-electron chi connectivity index (χ4n) is 2.89. The van der Waals surface area contributed by atoms with E-state index in [1.54, 1.807) is 6.92 Å². The fourth-order valence-corrected chi connectivity index (χ4v) is 2.89. The van der Waals surface area contributed by atoms with Crippen molar-refractivity contribution in [3.63, 3.8) is 0 Å². The van der Waals surface area contributed by atoms with Crippen molar-refractivity contribution < 1.29 is 33.0 Å². The summed E-state index contributed by atoms with van der Waals surface area (Å²) < 4.78 is 31.5. The van der Waals surface area contributed by atoms with Gasteiger partial charge in [-0.05, 0) is 31.9 Å². The Bertz CT molecular complexity index is 705. The summed E-state index contributed by atoms with van der Waals surface area (Å²) in [6.45, 7) is 1.61. The van der Waals surface area contributed by atoms with Crippen LogP contribution in [0.15, 0.2) is 18.2 Å². The third kappa shape index (κ3) is 5.22. The number of aliphatic hydroxyl groups excluding tert-OH is 1. The van der Waals surface area contributed by atoms with E-state index >= 15 is 0 Å². The first-order chi connectivity index (χ1) is 12.9. The van der Waals surface area contributed by atoms with Gasteiger partial charge in [0.05, 0.1) is 18.8 Å². The lowest BCUT2D eigenvalue weighted by Gasteiger charge is -2.32. The van der Waals surface area contributed by atoms with Crippen LogP contribution in [0, 0.1) is 17.6 Å². The second-order valence-corrected chi connectivity index (χ2v) is 6.19. The summed E-state index contributed by atoms with van der Waals surface area (Å²) in [6, 6.07) is 1.63. The molecular formula is C18H22F2N2O5. The van der Waals surface area contributed by atoms with Gasteiger partial charge in [0.15, 0.2) is 6.04 Å². The molecule has 1 fully saturated rings. The van der Waals surface area contributed by atoms with Gasteiger partial charge in [-0.15, -0.1) is 0 Å². The van der Waals surface area contributed by atoms with Gasteiger partial charge in [0, 0.05) is 25.1 Å². The smallest absolute Gasteiger partial charge is 0.331 e. The first-order valence-electron chi connectivity index (χ1n) is 8.69. The monoisotopic (exact) mass is 384 g/mol. The molecule has 9 heteroatoms. The van der Waals surface area contributed by atoms with Crippen LogP contribution < -0.4 is 5.32 Å². The number of halogens is 2. The average Bonchev–Trinajstić information content (AvgIpc) is 2.65. The molecule has 1 aliphatic rings. The lowest BCUT2D eigenvalue weighted by Crippen LogP contribution is -2.49. The van der Waals surface area contributed by atoms with Gasteiger partial charge in [-0.25, -0.2) is 13.6 Å². The highest BCUT2D eigenvalue weighted by Gasteiger charge is 2.31. The number of esters is 1. The van der Waals surface area contributed by atoms with Crippen molar-refractivity contribution >= 4 is 17.8 Å². The van der Waals surface area contributed by atoms with Crippen LogP contribution in [0.5, 0.6) is 0 Å². The molecule has 27 heavy (non-hydrogen) atoms. The number of rotatable bonds is 6. The number of carbonyl (C=O) groups excluding carboxylic acids is 3. The Hall–Kier alpha value is -2.55. The number of nitrogens with one attached hydrogen (secondary N) is 1. The molecule has 0 spiro atoms. The largest absolute Gasteiger partial charge is 0.464 e. The molecule has 1 atom stereocenters. The van der Waals surface area contributed by atoms with Crippen LogP contribution in [0.4, 0.5) is 8.78 Å². The number of likely N-dealkylation sites (tertiary alicyclic amines) is 1. The first kappa shape index (κ1) is 20.8. The molecule has 0 aliphatic carbocycles. The summed E-state index contributed by atoms with van der Waals surface area (Å²) in [6.07, 6.45) is 0.642. The molecule has 0 radical (unpaired) electrons. The third-order valence-electron chi connectivity index (χ3n) is 4.38. The maximum Gasteiger partial charge on any atom is 0.331 e. The van der Waals surface area contributed by atoms with Crippen LogP contribution in [-0.4, -0.2) is 60.1 Å². The fraction of sp³-hybridized carbons (Fsp3) is 0.500. The molecule has 1 heterocycles. The molecule has 2 N–H and O–H groups in total. The van der Waals surface area contributed by atoms with Crippen molar-refractivity contribution in [2.45, 2.75) is 25.8 Å². The lowest BCUT2D eigenvalue weighted by atomic mass is 9.95. The number of carbonyl (C=O) groups is 3. The van der Waals surface area contributed by atoms with Crippen molar-refractivity contribution in [1.82, 2.24) is 10.2 Å². The standard InChI is InChI=1S/C18H22F2N2O5/c1-2-27-18(26)15(10-23)21-16(24)11-5-7-22(8-6-11)17(25)13-4-3-12(19)9-14(13)20/h3-4,9,11,15,23H,2,5-8,10H2,1H3,(H,21,24)/t15-/m0/s1. The van der Waals surface area contributed by atoms with Crippen LogP contribution in [0.3, 0.4) is 0 Å². The van der Waals surface area contributed by atoms with Crippen LogP contribution in [0.1, 0.15) is 30.1 Å². The molecule has 2 amide bonds. The molecule has 0 saturated carbocycles. The second kappa shape index (κ2) is 9.40. The quantitative estimate of drug-likeness (QED) is 0.710. The Balaban J connectivity index is 1.91. The van der Waals surface area contributed by atoms with Gasteiger partial charge >= 0.3 is 5.97 Å². The van der Waals surface area contributed by atoms with E-state index in [1.165, 1.54) is 4.90 Å². The molecular weight excluding hydrogens is 362 g/mol. The topological polar surface area (TPSA) is 95.9 Å². The number of hydrogen-bond acceptors (Lipinski definition) is 5. The molecule has 1 aromatic rings. The van der Waals surface area contributed by atoms with Crippen molar-refractivity contribution in [3.05, 3.63) is 35.4 Å². The van der Waals surface area contributed by atoms with Crippen molar-refractivity contribution in [1.29, 1.82) is 0 Å². The lowest BCUT2D eigenvalue weighted by molar-refractivity contribution is -0.149. The highest BCUT2D eigenvalue weighted by Crippen LogP contribution is 2.21. The van der Waals surface area contributed by atoms with Crippen molar-refractivity contribution in [2.24, 2.45) is 5.92 Å². The van der Waals surface area contributed by atoms with Crippen molar-refractivity contribution in [3.8, 4) is 0 Å². The molecule has 0 unspecified atom stereocenters. The Morgan fingerprint density at radius 3 is 2.52 bits per heavy atom. The minimum atomic E-state index is -1.13. The van der Waals surface area contributed by atoms with E-state index in [0.717, 1.165) is 12.1 Å². The summed E-state index contributed by atoms with van der Waals surface area (Å²) in [5.41, 5.74) is -0.220. The highest BCUT2D eigenvalue weighted by molar-refractivity contribution is 5.94. The summed E-state index contributed by atoms with van der Waals surface area (Å²) in [4.78, 5) is 37.7. The van der Waals surface area contributed by atoms with Crippen LogP contribution in [-0.2, 0) is 14.3 Å². The van der Waals surface area contributed by atoms with Gasteiger partial charge < -0.3 is 20.1 Å². The van der Waals surface area contributed by atoms with E-state index in [2.05, 4.69) is 5.32 Å². The number of amides is 2. The van der Waals surface area contributed by atoms with Gasteiger partial charge in [-0.1, -0.05) is 0 Å². The number of piperidine rings is 1. The Kier molecular flexibility index (Phi) is 7.23. The minimum absolute atomic E-state index is 0.131. The van der Waals surface area contributed by atoms with Gasteiger partial charge in [0.25, 0.3) is 5.91 Å². The van der Waals surface area contributed by atoms with E-state index in [0.29, 0.717) is 18.9 Å². The molecule has 1 saturated heterocycles. The highest BCUT2D eigenvalue weighted by atomic mass is 19.1. The molecule has 1 aliphatic heterocycles. The Labute approximate surface area is 155 Å². The van der Waals surface area contributed by atoms with Crippen LogP contribution >= 0.6 is 0 Å². The maximum atomic E-state index is 13.8. The van der Waals surface area contributed by atoms with Gasteiger partial charge in [0.1, 0.15) is 11.6 Å². The summed E-state index contributed by atoms with van der Waals surface area (Å²) in [7, 11) is 0. The molecule has 148 valence electrons. The number of aliphatic hydroxyl groups is 1. The zero-order valence-corrected chi connectivity index (χ0v) is 14.9. The number of benzene rings is 1. The van der Waals surface area contributed by atoms with E-state index in [-0.39, 0.29) is 25.3 Å². The molecule has 1 aromatic carbocycles. The predicted octanol–water partition coefficient (Wildman–Crippen LogP) is 0.857. The van der Waals surface area contributed by atoms with Gasteiger partial charge in [-0.3, -0.25) is 9.59 Å². The Morgan fingerprint density at radius 1 is 1.30 bits per heavy atom. The average molecular weight is 384 g/mol. The normalized spacial score (nSPS) is 15.9. The number of ether oxygens (including phenoxy) is 1.